The molecule has 6 nitrogen and oxygen atoms in total. The lowest BCUT2D eigenvalue weighted by Crippen LogP contribution is -2.23. The van der Waals surface area contributed by atoms with Crippen LogP contribution < -0.4 is 20.5 Å². The number of aliphatic imine (C=N–C) groups is 1. The summed E-state index contributed by atoms with van der Waals surface area (Å²) < 4.78 is 11.0. The molecule has 1 aromatic carbocycles. The summed E-state index contributed by atoms with van der Waals surface area (Å²) >= 11 is 7.16. The van der Waals surface area contributed by atoms with Crippen LogP contribution >= 0.6 is 22.9 Å². The largest absolute Gasteiger partial charge is 0.493 e. The number of nitrogens with two attached hydrogens (primary N) is 1. The normalized spacial score (nSPS) is 12.8. The van der Waals surface area contributed by atoms with Gasteiger partial charge in [-0.25, -0.2) is 0 Å². The number of halogens is 1. The van der Waals surface area contributed by atoms with Crippen LogP contribution in [0.2, 0.25) is 4.34 Å². The summed E-state index contributed by atoms with van der Waals surface area (Å²) in [5.41, 5.74) is 6.54. The lowest BCUT2D eigenvalue weighted by Gasteiger charge is -2.11. The van der Waals surface area contributed by atoms with E-state index in [1.807, 2.05) is 0 Å². The first-order valence-corrected chi connectivity index (χ1v) is 7.95. The SMILES string of the molecule is COc1ccc(NC(N)=NCC(O)c2ccc(Cl)s2)cc1OC. The number of hydrogen-bond donors (Lipinski definition) is 3. The number of benzene rings is 1. The van der Waals surface area contributed by atoms with Crippen molar-refractivity contribution >= 4 is 34.6 Å². The van der Waals surface area contributed by atoms with Crippen molar-refractivity contribution in [2.75, 3.05) is 26.1 Å². The molecular formula is C15H18ClN3O3S. The van der Waals surface area contributed by atoms with Crippen LogP contribution in [-0.2, 0) is 0 Å². The van der Waals surface area contributed by atoms with Crippen LogP contribution in [0, 0.1) is 0 Å². The zero-order chi connectivity index (χ0) is 16.8. The second kappa shape index (κ2) is 8.05. The lowest BCUT2D eigenvalue weighted by atomic mass is 10.2. The van der Waals surface area contributed by atoms with Crippen LogP contribution in [0.15, 0.2) is 35.3 Å². The molecular weight excluding hydrogens is 338 g/mol. The average Bonchev–Trinajstić information content (AvgIpc) is 2.99. The van der Waals surface area contributed by atoms with Crippen LogP contribution in [-0.4, -0.2) is 31.8 Å². The Morgan fingerprint density at radius 2 is 2.04 bits per heavy atom. The topological polar surface area (TPSA) is 89.1 Å². The summed E-state index contributed by atoms with van der Waals surface area (Å²) in [6, 6.07) is 8.80. The number of aliphatic hydroxyl groups excluding tert-OH is 1. The molecule has 2 aromatic rings. The van der Waals surface area contributed by atoms with E-state index in [0.717, 1.165) is 4.88 Å². The first kappa shape index (κ1) is 17.4. The van der Waals surface area contributed by atoms with Gasteiger partial charge in [0.25, 0.3) is 0 Å². The zero-order valence-corrected chi connectivity index (χ0v) is 14.3. The van der Waals surface area contributed by atoms with Crippen molar-refractivity contribution in [1.29, 1.82) is 0 Å². The molecule has 0 amide bonds. The van der Waals surface area contributed by atoms with Gasteiger partial charge < -0.3 is 25.6 Å². The molecule has 0 bridgehead atoms. The van der Waals surface area contributed by atoms with E-state index in [4.69, 9.17) is 26.8 Å². The van der Waals surface area contributed by atoms with Crippen molar-refractivity contribution in [3.63, 3.8) is 0 Å². The van der Waals surface area contributed by atoms with Gasteiger partial charge in [-0.3, -0.25) is 4.99 Å². The molecule has 0 saturated heterocycles. The first-order valence-electron chi connectivity index (χ1n) is 6.75. The van der Waals surface area contributed by atoms with Gasteiger partial charge in [0.05, 0.1) is 25.1 Å². The second-order valence-electron chi connectivity index (χ2n) is 4.58. The van der Waals surface area contributed by atoms with E-state index in [2.05, 4.69) is 10.3 Å². The molecule has 0 fully saturated rings. The lowest BCUT2D eigenvalue weighted by molar-refractivity contribution is 0.191. The number of anilines is 1. The predicted octanol–water partition coefficient (Wildman–Crippen LogP) is 2.88. The number of nitrogens with one attached hydrogen (secondary N) is 1. The third kappa shape index (κ3) is 4.75. The van der Waals surface area contributed by atoms with E-state index in [9.17, 15) is 5.11 Å². The molecule has 1 heterocycles. The van der Waals surface area contributed by atoms with Gasteiger partial charge in [0.2, 0.25) is 0 Å². The molecule has 0 saturated carbocycles. The number of hydrogen-bond acceptors (Lipinski definition) is 5. The second-order valence-corrected chi connectivity index (χ2v) is 6.33. The highest BCUT2D eigenvalue weighted by atomic mass is 35.5. The van der Waals surface area contributed by atoms with Crippen LogP contribution in [0.3, 0.4) is 0 Å². The molecule has 0 spiro atoms. The quantitative estimate of drug-likeness (QED) is 0.547. The number of rotatable bonds is 6. The molecule has 1 aromatic heterocycles. The Morgan fingerprint density at radius 1 is 1.30 bits per heavy atom. The van der Waals surface area contributed by atoms with Gasteiger partial charge in [-0.1, -0.05) is 11.6 Å². The summed E-state index contributed by atoms with van der Waals surface area (Å²) in [5, 5.41) is 13.0. The van der Waals surface area contributed by atoms with Crippen molar-refractivity contribution in [1.82, 2.24) is 0 Å². The number of ether oxygens (including phenoxy) is 2. The standard InChI is InChI=1S/C15H18ClN3O3S/c1-21-11-4-3-9(7-12(11)22-2)19-15(17)18-8-10(20)13-5-6-14(16)23-13/h3-7,10,20H,8H2,1-2H3,(H3,17,18,19). The maximum absolute atomic E-state index is 10.0. The van der Waals surface area contributed by atoms with Crippen molar-refractivity contribution in [2.45, 2.75) is 6.10 Å². The van der Waals surface area contributed by atoms with Crippen LogP contribution in [0.5, 0.6) is 11.5 Å². The minimum absolute atomic E-state index is 0.142. The fourth-order valence-corrected chi connectivity index (χ4v) is 2.92. The fourth-order valence-electron chi connectivity index (χ4n) is 1.88. The van der Waals surface area contributed by atoms with E-state index >= 15 is 0 Å². The minimum Gasteiger partial charge on any atom is -0.493 e. The maximum Gasteiger partial charge on any atom is 0.193 e. The summed E-state index contributed by atoms with van der Waals surface area (Å²) in [5.74, 6) is 1.40. The van der Waals surface area contributed by atoms with Gasteiger partial charge in [-0.15, -0.1) is 11.3 Å². The van der Waals surface area contributed by atoms with Crippen molar-refractivity contribution in [3.05, 3.63) is 39.5 Å². The van der Waals surface area contributed by atoms with Crippen LogP contribution in [0.1, 0.15) is 11.0 Å². The van der Waals surface area contributed by atoms with Gasteiger partial charge in [0.1, 0.15) is 6.10 Å². The number of guanidine groups is 1. The Labute approximate surface area is 143 Å². The summed E-state index contributed by atoms with van der Waals surface area (Å²) in [6.45, 7) is 0.142. The Bertz CT molecular complexity index is 690. The van der Waals surface area contributed by atoms with Crippen molar-refractivity contribution < 1.29 is 14.6 Å². The predicted molar refractivity (Wildman–Crippen MR) is 93.9 cm³/mol. The first-order chi connectivity index (χ1) is 11.0. The Kier molecular flexibility index (Phi) is 6.09. The van der Waals surface area contributed by atoms with Crippen molar-refractivity contribution in [2.24, 2.45) is 10.7 Å². The highest BCUT2D eigenvalue weighted by Gasteiger charge is 2.10. The number of methoxy groups -OCH3 is 2. The molecule has 23 heavy (non-hydrogen) atoms. The fraction of sp³-hybridized carbons (Fsp3) is 0.267. The molecule has 0 aliphatic rings. The highest BCUT2D eigenvalue weighted by Crippen LogP contribution is 2.30. The van der Waals surface area contributed by atoms with Gasteiger partial charge in [-0.05, 0) is 24.3 Å². The molecule has 1 unspecified atom stereocenters. The number of thiophene rings is 1. The minimum atomic E-state index is -0.738. The zero-order valence-electron chi connectivity index (χ0n) is 12.7. The van der Waals surface area contributed by atoms with E-state index in [0.29, 0.717) is 21.5 Å². The molecule has 8 heteroatoms. The Hall–Kier alpha value is -1.96. The molecule has 0 aliphatic heterocycles. The smallest absolute Gasteiger partial charge is 0.193 e. The maximum atomic E-state index is 10.0. The highest BCUT2D eigenvalue weighted by molar-refractivity contribution is 7.16. The molecule has 0 radical (unpaired) electrons. The summed E-state index contributed by atoms with van der Waals surface area (Å²) in [6.07, 6.45) is -0.738. The monoisotopic (exact) mass is 355 g/mol. The van der Waals surface area contributed by atoms with Gasteiger partial charge in [0, 0.05) is 16.6 Å². The van der Waals surface area contributed by atoms with E-state index in [-0.39, 0.29) is 12.5 Å². The molecule has 4 N–H and O–H groups in total. The van der Waals surface area contributed by atoms with Gasteiger partial charge >= 0.3 is 0 Å². The molecule has 1 atom stereocenters. The van der Waals surface area contributed by atoms with Gasteiger partial charge in [0.15, 0.2) is 17.5 Å². The van der Waals surface area contributed by atoms with E-state index in [1.54, 1.807) is 44.6 Å². The van der Waals surface area contributed by atoms with E-state index in [1.165, 1.54) is 11.3 Å². The third-order valence-electron chi connectivity index (χ3n) is 3.01. The number of aliphatic hydroxyl groups is 1. The molecule has 2 rings (SSSR count). The molecule has 0 aliphatic carbocycles. The summed E-state index contributed by atoms with van der Waals surface area (Å²) in [4.78, 5) is 4.88. The van der Waals surface area contributed by atoms with Crippen molar-refractivity contribution in [3.8, 4) is 11.5 Å². The van der Waals surface area contributed by atoms with E-state index < -0.39 is 6.10 Å². The molecule has 124 valence electrons. The number of nitrogens with zero attached hydrogens (tertiary/aromatic N) is 1. The van der Waals surface area contributed by atoms with Crippen LogP contribution in [0.4, 0.5) is 5.69 Å². The summed E-state index contributed by atoms with van der Waals surface area (Å²) in [7, 11) is 3.13. The average molecular weight is 356 g/mol. The Morgan fingerprint density at radius 3 is 2.65 bits per heavy atom. The van der Waals surface area contributed by atoms with Crippen LogP contribution in [0.25, 0.3) is 0 Å². The van der Waals surface area contributed by atoms with Gasteiger partial charge in [-0.2, -0.15) is 0 Å². The third-order valence-corrected chi connectivity index (χ3v) is 4.35. The Balaban J connectivity index is 1.99.